The van der Waals surface area contributed by atoms with E-state index in [4.69, 9.17) is 0 Å². The minimum absolute atomic E-state index is 0.243. The number of hydrogen-bond donors (Lipinski definition) is 0. The molecule has 1 fully saturated rings. The molecule has 1 saturated heterocycles. The number of nitrogens with zero attached hydrogens (tertiary/aromatic N) is 5. The van der Waals surface area contributed by atoms with Crippen LogP contribution in [0.3, 0.4) is 0 Å². The highest BCUT2D eigenvalue weighted by Crippen LogP contribution is 2.23. The second-order valence-corrected chi connectivity index (χ2v) is 8.31. The summed E-state index contributed by atoms with van der Waals surface area (Å²) in [4.78, 5) is 42.4. The first kappa shape index (κ1) is 21.5. The first-order valence-electron chi connectivity index (χ1n) is 10.6. The molecule has 1 aromatic heterocycles. The van der Waals surface area contributed by atoms with E-state index < -0.39 is 17.2 Å². The molecule has 8 heteroatoms. The lowest BCUT2D eigenvalue weighted by molar-refractivity contribution is 0.0735. The number of aryl methyl sites for hydroxylation is 3. The van der Waals surface area contributed by atoms with Crippen molar-refractivity contribution in [2.75, 3.05) is 31.1 Å². The van der Waals surface area contributed by atoms with Gasteiger partial charge in [-0.05, 0) is 50.1 Å². The number of amides is 1. The van der Waals surface area contributed by atoms with Gasteiger partial charge in [-0.1, -0.05) is 29.8 Å². The highest BCUT2D eigenvalue weighted by atomic mass is 16.2. The molecule has 0 N–H and O–H groups in total. The molecule has 2 heterocycles. The van der Waals surface area contributed by atoms with Gasteiger partial charge in [0.1, 0.15) is 0 Å². The topological polar surface area (TPSA) is 80.4 Å². The Hall–Kier alpha value is -3.68. The number of benzene rings is 2. The Morgan fingerprint density at radius 1 is 0.875 bits per heavy atom. The van der Waals surface area contributed by atoms with Gasteiger partial charge >= 0.3 is 5.69 Å². The van der Waals surface area contributed by atoms with E-state index in [-0.39, 0.29) is 5.69 Å². The molecule has 4 rings (SSSR count). The van der Waals surface area contributed by atoms with Gasteiger partial charge < -0.3 is 9.80 Å². The van der Waals surface area contributed by atoms with Crippen molar-refractivity contribution in [2.24, 2.45) is 7.05 Å². The number of carbonyl (C=O) groups excluding carboxylic acids is 1. The van der Waals surface area contributed by atoms with Crippen molar-refractivity contribution in [2.45, 2.75) is 20.8 Å². The lowest BCUT2D eigenvalue weighted by Gasteiger charge is -2.36. The van der Waals surface area contributed by atoms with Gasteiger partial charge in [-0.25, -0.2) is 4.79 Å². The standard InChI is InChI=1S/C24H27N5O3/c1-16-6-9-19(10-7-16)29-24(32)26(4)22(30)21(25-29)23(31)28-13-11-27(12-14-28)20-15-17(2)5-8-18(20)3/h5-10,15H,11-14H2,1-4H3. The third-order valence-corrected chi connectivity index (χ3v) is 5.93. The zero-order valence-corrected chi connectivity index (χ0v) is 18.8. The molecule has 0 unspecified atom stereocenters. The normalized spacial score (nSPS) is 14.0. The summed E-state index contributed by atoms with van der Waals surface area (Å²) < 4.78 is 2.05. The number of carbonyl (C=O) groups is 1. The average Bonchev–Trinajstić information content (AvgIpc) is 2.80. The fourth-order valence-corrected chi connectivity index (χ4v) is 3.92. The number of piperazine rings is 1. The molecule has 3 aromatic rings. The van der Waals surface area contributed by atoms with Gasteiger partial charge in [0, 0.05) is 38.9 Å². The van der Waals surface area contributed by atoms with Crippen LogP contribution in [0.1, 0.15) is 27.2 Å². The highest BCUT2D eigenvalue weighted by Gasteiger charge is 2.27. The number of aromatic nitrogens is 3. The minimum atomic E-state index is -0.680. The Kier molecular flexibility index (Phi) is 5.69. The third-order valence-electron chi connectivity index (χ3n) is 5.93. The van der Waals surface area contributed by atoms with Crippen LogP contribution in [0.25, 0.3) is 5.69 Å². The maximum Gasteiger partial charge on any atom is 0.351 e. The Morgan fingerprint density at radius 2 is 1.50 bits per heavy atom. The second-order valence-electron chi connectivity index (χ2n) is 8.31. The lowest BCUT2D eigenvalue weighted by atomic mass is 10.1. The lowest BCUT2D eigenvalue weighted by Crippen LogP contribution is -2.51. The molecule has 1 amide bonds. The van der Waals surface area contributed by atoms with Gasteiger partial charge in [-0.15, -0.1) is 0 Å². The molecule has 0 spiro atoms. The number of anilines is 1. The van der Waals surface area contributed by atoms with Gasteiger partial charge in [0.25, 0.3) is 11.5 Å². The van der Waals surface area contributed by atoms with E-state index in [2.05, 4.69) is 42.0 Å². The van der Waals surface area contributed by atoms with Crippen LogP contribution in [-0.4, -0.2) is 51.3 Å². The molecule has 2 aromatic carbocycles. The van der Waals surface area contributed by atoms with Crippen molar-refractivity contribution >= 4 is 11.6 Å². The van der Waals surface area contributed by atoms with Crippen molar-refractivity contribution in [3.63, 3.8) is 0 Å². The van der Waals surface area contributed by atoms with E-state index in [9.17, 15) is 14.4 Å². The van der Waals surface area contributed by atoms with E-state index in [1.54, 1.807) is 17.0 Å². The van der Waals surface area contributed by atoms with Crippen LogP contribution in [-0.2, 0) is 7.05 Å². The van der Waals surface area contributed by atoms with Crippen LogP contribution < -0.4 is 16.1 Å². The van der Waals surface area contributed by atoms with Crippen LogP contribution in [0.15, 0.2) is 52.1 Å². The van der Waals surface area contributed by atoms with Crippen molar-refractivity contribution in [3.05, 3.63) is 85.7 Å². The molecule has 1 aliphatic heterocycles. The van der Waals surface area contributed by atoms with Crippen LogP contribution in [0.4, 0.5) is 5.69 Å². The van der Waals surface area contributed by atoms with Gasteiger partial charge in [-0.3, -0.25) is 14.2 Å². The molecule has 0 saturated carbocycles. The summed E-state index contributed by atoms with van der Waals surface area (Å²) >= 11 is 0. The Balaban J connectivity index is 1.60. The van der Waals surface area contributed by atoms with Crippen molar-refractivity contribution < 1.29 is 4.79 Å². The van der Waals surface area contributed by atoms with Crippen molar-refractivity contribution in [1.29, 1.82) is 0 Å². The van der Waals surface area contributed by atoms with Crippen molar-refractivity contribution in [1.82, 2.24) is 19.2 Å². The molecule has 0 atom stereocenters. The predicted octanol–water partition coefficient (Wildman–Crippen LogP) is 1.82. The summed E-state index contributed by atoms with van der Waals surface area (Å²) in [6.07, 6.45) is 0. The molecule has 32 heavy (non-hydrogen) atoms. The molecule has 0 aliphatic carbocycles. The molecule has 0 radical (unpaired) electrons. The molecule has 0 bridgehead atoms. The average molecular weight is 434 g/mol. The van der Waals surface area contributed by atoms with E-state index in [1.807, 2.05) is 19.1 Å². The number of hydrogen-bond acceptors (Lipinski definition) is 5. The quantitative estimate of drug-likeness (QED) is 0.630. The van der Waals surface area contributed by atoms with Crippen LogP contribution in [0, 0.1) is 20.8 Å². The van der Waals surface area contributed by atoms with Crippen LogP contribution in [0.5, 0.6) is 0 Å². The zero-order chi connectivity index (χ0) is 23.0. The molecular weight excluding hydrogens is 406 g/mol. The van der Waals surface area contributed by atoms with E-state index >= 15 is 0 Å². The first-order valence-corrected chi connectivity index (χ1v) is 10.6. The third kappa shape index (κ3) is 3.95. The number of rotatable bonds is 3. The van der Waals surface area contributed by atoms with Gasteiger partial charge in [0.05, 0.1) is 5.69 Å². The van der Waals surface area contributed by atoms with Crippen molar-refractivity contribution in [3.8, 4) is 5.69 Å². The SMILES string of the molecule is Cc1ccc(-n2nc(C(=O)N3CCN(c4cc(C)ccc4C)CC3)c(=O)n(C)c2=O)cc1. The molecule has 166 valence electrons. The van der Waals surface area contributed by atoms with E-state index in [1.165, 1.54) is 23.9 Å². The predicted molar refractivity (Wildman–Crippen MR) is 124 cm³/mol. The fraction of sp³-hybridized carbons (Fsp3) is 0.333. The Bertz CT molecular complexity index is 1280. The summed E-state index contributed by atoms with van der Waals surface area (Å²) in [5.41, 5.74) is 3.57. The van der Waals surface area contributed by atoms with Gasteiger partial charge in [-0.2, -0.15) is 9.78 Å². The summed E-state index contributed by atoms with van der Waals surface area (Å²) in [5.74, 6) is -0.452. The van der Waals surface area contributed by atoms with E-state index in [0.29, 0.717) is 31.9 Å². The maximum atomic E-state index is 13.2. The fourth-order valence-electron chi connectivity index (χ4n) is 3.92. The monoisotopic (exact) mass is 433 g/mol. The first-order chi connectivity index (χ1) is 15.3. The Labute approximate surface area is 186 Å². The maximum absolute atomic E-state index is 13.2. The minimum Gasteiger partial charge on any atom is -0.368 e. The second kappa shape index (κ2) is 8.45. The molecule has 1 aliphatic rings. The summed E-state index contributed by atoms with van der Waals surface area (Å²) in [7, 11) is 1.37. The molecule has 8 nitrogen and oxygen atoms in total. The highest BCUT2D eigenvalue weighted by molar-refractivity contribution is 5.92. The summed E-state index contributed by atoms with van der Waals surface area (Å²) in [5, 5.41) is 4.18. The van der Waals surface area contributed by atoms with Crippen LogP contribution >= 0.6 is 0 Å². The summed E-state index contributed by atoms with van der Waals surface area (Å²) in [6.45, 7) is 8.35. The zero-order valence-electron chi connectivity index (χ0n) is 18.8. The Morgan fingerprint density at radius 3 is 2.16 bits per heavy atom. The van der Waals surface area contributed by atoms with E-state index in [0.717, 1.165) is 14.8 Å². The summed E-state index contributed by atoms with van der Waals surface area (Å²) in [6, 6.07) is 13.5. The van der Waals surface area contributed by atoms with Crippen LogP contribution in [0.2, 0.25) is 0 Å². The smallest absolute Gasteiger partial charge is 0.351 e. The largest absolute Gasteiger partial charge is 0.368 e. The molecular formula is C24H27N5O3. The van der Waals surface area contributed by atoms with Gasteiger partial charge in [0.15, 0.2) is 0 Å². The van der Waals surface area contributed by atoms with Gasteiger partial charge in [0.2, 0.25) is 5.69 Å².